The highest BCUT2D eigenvalue weighted by molar-refractivity contribution is 5.74. The number of carbonyl (C=O) groups excluding carboxylic acids is 1. The molecule has 0 spiro atoms. The summed E-state index contributed by atoms with van der Waals surface area (Å²) < 4.78 is 1.84. The molecule has 0 aliphatic heterocycles. The number of nitrogens with zero attached hydrogens (tertiary/aromatic N) is 4. The average Bonchev–Trinajstić information content (AvgIpc) is 2.64. The normalized spacial score (nSPS) is 13.0. The van der Waals surface area contributed by atoms with E-state index < -0.39 is 0 Å². The third kappa shape index (κ3) is 3.30. The summed E-state index contributed by atoms with van der Waals surface area (Å²) in [6.45, 7) is 5.46. The molecular weight excluding hydrogens is 206 g/mol. The lowest BCUT2D eigenvalue weighted by Gasteiger charge is -2.23. The average molecular weight is 225 g/mol. The van der Waals surface area contributed by atoms with E-state index in [1.807, 2.05) is 30.5 Å². The largest absolute Gasteiger partial charge is 0.370 e. The van der Waals surface area contributed by atoms with Gasteiger partial charge >= 0.3 is 0 Å². The lowest BCUT2D eigenvalue weighted by atomic mass is 10.2. The van der Waals surface area contributed by atoms with E-state index >= 15 is 0 Å². The van der Waals surface area contributed by atoms with Gasteiger partial charge in [-0.1, -0.05) is 0 Å². The number of primary amides is 1. The molecule has 1 unspecified atom stereocenters. The Morgan fingerprint density at radius 3 is 2.94 bits per heavy atom. The van der Waals surface area contributed by atoms with Crippen molar-refractivity contribution in [2.24, 2.45) is 5.73 Å². The van der Waals surface area contributed by atoms with Crippen LogP contribution in [0.1, 0.15) is 26.1 Å². The molecule has 90 valence electrons. The molecule has 0 aliphatic rings. The van der Waals surface area contributed by atoms with Gasteiger partial charge in [-0.15, -0.1) is 0 Å². The number of aromatic nitrogens is 3. The molecule has 6 heteroatoms. The number of rotatable bonds is 6. The van der Waals surface area contributed by atoms with Gasteiger partial charge in [0.05, 0.1) is 6.54 Å². The molecule has 1 heterocycles. The van der Waals surface area contributed by atoms with Crippen molar-refractivity contribution in [1.82, 2.24) is 19.7 Å². The molecule has 1 rings (SSSR count). The Kier molecular flexibility index (Phi) is 4.42. The maximum atomic E-state index is 10.8. The molecule has 6 nitrogen and oxygen atoms in total. The predicted molar refractivity (Wildman–Crippen MR) is 60.4 cm³/mol. The van der Waals surface area contributed by atoms with E-state index in [0.29, 0.717) is 13.0 Å². The smallest absolute Gasteiger partial charge is 0.218 e. The SMILES string of the molecule is CCn1ncnc1CN(C)C(C)CC(N)=O. The Hall–Kier alpha value is -1.43. The summed E-state index contributed by atoms with van der Waals surface area (Å²) in [6, 6.07) is 0.111. The van der Waals surface area contributed by atoms with Crippen molar-refractivity contribution in [3.8, 4) is 0 Å². The van der Waals surface area contributed by atoms with Crippen LogP contribution in [0.3, 0.4) is 0 Å². The van der Waals surface area contributed by atoms with Gasteiger partial charge in [0.25, 0.3) is 0 Å². The van der Waals surface area contributed by atoms with Crippen molar-refractivity contribution < 1.29 is 4.79 Å². The second-order valence-electron chi connectivity index (χ2n) is 3.93. The van der Waals surface area contributed by atoms with Crippen molar-refractivity contribution >= 4 is 5.91 Å². The highest BCUT2D eigenvalue weighted by Gasteiger charge is 2.14. The first-order chi connectivity index (χ1) is 7.54. The standard InChI is InChI=1S/C10H19N5O/c1-4-15-10(12-7-13-15)6-14(3)8(2)5-9(11)16/h7-8H,4-6H2,1-3H3,(H2,11,16). The van der Waals surface area contributed by atoms with Crippen molar-refractivity contribution in [2.45, 2.75) is 39.4 Å². The van der Waals surface area contributed by atoms with Crippen LogP contribution in [0.5, 0.6) is 0 Å². The summed E-state index contributed by atoms with van der Waals surface area (Å²) in [5, 5.41) is 4.10. The first-order valence-electron chi connectivity index (χ1n) is 5.39. The van der Waals surface area contributed by atoms with Gasteiger partial charge in [0.15, 0.2) is 0 Å². The van der Waals surface area contributed by atoms with Gasteiger partial charge < -0.3 is 5.73 Å². The summed E-state index contributed by atoms with van der Waals surface area (Å²) in [7, 11) is 1.95. The molecule has 0 fully saturated rings. The molecule has 1 atom stereocenters. The highest BCUT2D eigenvalue weighted by Crippen LogP contribution is 2.05. The zero-order valence-corrected chi connectivity index (χ0v) is 10.1. The molecule has 1 aromatic heterocycles. The molecule has 2 N–H and O–H groups in total. The lowest BCUT2D eigenvalue weighted by Crippen LogP contribution is -2.33. The van der Waals surface area contributed by atoms with Gasteiger partial charge in [-0.25, -0.2) is 9.67 Å². The van der Waals surface area contributed by atoms with Gasteiger partial charge in [-0.2, -0.15) is 5.10 Å². The fourth-order valence-corrected chi connectivity index (χ4v) is 1.50. The monoisotopic (exact) mass is 225 g/mol. The van der Waals surface area contributed by atoms with Crippen molar-refractivity contribution in [2.75, 3.05) is 7.05 Å². The summed E-state index contributed by atoms with van der Waals surface area (Å²) in [4.78, 5) is 17.0. The molecule has 0 saturated carbocycles. The lowest BCUT2D eigenvalue weighted by molar-refractivity contribution is -0.119. The van der Waals surface area contributed by atoms with E-state index in [-0.39, 0.29) is 11.9 Å². The maximum Gasteiger partial charge on any atom is 0.218 e. The van der Waals surface area contributed by atoms with E-state index in [1.54, 1.807) is 6.33 Å². The van der Waals surface area contributed by atoms with Crippen molar-refractivity contribution in [3.05, 3.63) is 12.2 Å². The molecule has 0 bridgehead atoms. The summed E-state index contributed by atoms with van der Waals surface area (Å²) >= 11 is 0. The third-order valence-electron chi connectivity index (χ3n) is 2.64. The van der Waals surface area contributed by atoms with E-state index in [1.165, 1.54) is 0 Å². The second-order valence-corrected chi connectivity index (χ2v) is 3.93. The van der Waals surface area contributed by atoms with Gasteiger partial charge in [-0.05, 0) is 20.9 Å². The number of nitrogens with two attached hydrogens (primary N) is 1. The zero-order chi connectivity index (χ0) is 12.1. The van der Waals surface area contributed by atoms with Crippen LogP contribution in [0, 0.1) is 0 Å². The van der Waals surface area contributed by atoms with Crippen molar-refractivity contribution in [1.29, 1.82) is 0 Å². The molecule has 1 aromatic rings. The maximum absolute atomic E-state index is 10.8. The Morgan fingerprint density at radius 1 is 1.69 bits per heavy atom. The number of carbonyl (C=O) groups is 1. The van der Waals surface area contributed by atoms with E-state index in [4.69, 9.17) is 5.73 Å². The molecule has 16 heavy (non-hydrogen) atoms. The number of hydrogen-bond donors (Lipinski definition) is 1. The van der Waals surface area contributed by atoms with Crippen LogP contribution in [0.15, 0.2) is 6.33 Å². The van der Waals surface area contributed by atoms with Gasteiger partial charge in [0, 0.05) is 19.0 Å². The molecule has 0 aliphatic carbocycles. The van der Waals surface area contributed by atoms with Crippen LogP contribution in [-0.4, -0.2) is 38.7 Å². The van der Waals surface area contributed by atoms with Crippen LogP contribution >= 0.6 is 0 Å². The minimum atomic E-state index is -0.281. The highest BCUT2D eigenvalue weighted by atomic mass is 16.1. The van der Waals surface area contributed by atoms with E-state index in [0.717, 1.165) is 12.4 Å². The molecule has 0 aromatic carbocycles. The minimum Gasteiger partial charge on any atom is -0.370 e. The van der Waals surface area contributed by atoms with Crippen LogP contribution in [0.4, 0.5) is 0 Å². The Labute approximate surface area is 95.4 Å². The first-order valence-corrected chi connectivity index (χ1v) is 5.39. The Balaban J connectivity index is 2.56. The van der Waals surface area contributed by atoms with Crippen molar-refractivity contribution in [3.63, 3.8) is 0 Å². The fraction of sp³-hybridized carbons (Fsp3) is 0.700. The second kappa shape index (κ2) is 5.60. The zero-order valence-electron chi connectivity index (χ0n) is 10.1. The molecular formula is C10H19N5O. The van der Waals surface area contributed by atoms with Crippen LogP contribution in [0.25, 0.3) is 0 Å². The van der Waals surface area contributed by atoms with Crippen LogP contribution < -0.4 is 5.73 Å². The summed E-state index contributed by atoms with van der Waals surface area (Å²) in [5.41, 5.74) is 5.16. The predicted octanol–water partition coefficient (Wildman–Crippen LogP) is -0.00630. The number of aryl methyl sites for hydroxylation is 1. The molecule has 1 amide bonds. The van der Waals surface area contributed by atoms with E-state index in [2.05, 4.69) is 10.1 Å². The third-order valence-corrected chi connectivity index (χ3v) is 2.64. The minimum absolute atomic E-state index is 0.111. The Bertz CT molecular complexity index is 349. The summed E-state index contributed by atoms with van der Waals surface area (Å²) in [6.07, 6.45) is 1.90. The first kappa shape index (κ1) is 12.6. The van der Waals surface area contributed by atoms with Gasteiger partial charge in [-0.3, -0.25) is 9.69 Å². The molecule has 0 radical (unpaired) electrons. The topological polar surface area (TPSA) is 77.0 Å². The number of amides is 1. The fourth-order valence-electron chi connectivity index (χ4n) is 1.50. The van der Waals surface area contributed by atoms with Crippen LogP contribution in [0.2, 0.25) is 0 Å². The van der Waals surface area contributed by atoms with Gasteiger partial charge in [0.1, 0.15) is 12.2 Å². The number of hydrogen-bond acceptors (Lipinski definition) is 4. The quantitative estimate of drug-likeness (QED) is 0.739. The molecule has 0 saturated heterocycles. The van der Waals surface area contributed by atoms with E-state index in [9.17, 15) is 4.79 Å². The Morgan fingerprint density at radius 2 is 2.38 bits per heavy atom. The van der Waals surface area contributed by atoms with Crippen LogP contribution in [-0.2, 0) is 17.9 Å². The summed E-state index contributed by atoms with van der Waals surface area (Å²) in [5.74, 6) is 0.623. The van der Waals surface area contributed by atoms with Gasteiger partial charge in [0.2, 0.25) is 5.91 Å².